The van der Waals surface area contributed by atoms with Crippen LogP contribution in [0.15, 0.2) is 24.3 Å². The molecule has 108 valence electrons. The van der Waals surface area contributed by atoms with E-state index in [9.17, 15) is 4.39 Å². The SMILES string of the molecule is CCN(CC)CCN(C)[C@H](C)Cc1ccccc1F. The Morgan fingerprint density at radius 3 is 2.32 bits per heavy atom. The molecule has 1 aromatic carbocycles. The smallest absolute Gasteiger partial charge is 0.126 e. The minimum Gasteiger partial charge on any atom is -0.303 e. The number of nitrogens with zero attached hydrogens (tertiary/aromatic N) is 2. The first-order valence-electron chi connectivity index (χ1n) is 7.24. The van der Waals surface area contributed by atoms with Gasteiger partial charge in [0.2, 0.25) is 0 Å². The van der Waals surface area contributed by atoms with E-state index < -0.39 is 0 Å². The van der Waals surface area contributed by atoms with Crippen molar-refractivity contribution >= 4 is 0 Å². The summed E-state index contributed by atoms with van der Waals surface area (Å²) in [6.45, 7) is 10.8. The van der Waals surface area contributed by atoms with Crippen molar-refractivity contribution in [2.75, 3.05) is 33.2 Å². The average Bonchev–Trinajstić information content (AvgIpc) is 2.42. The lowest BCUT2D eigenvalue weighted by atomic mass is 10.1. The molecule has 0 spiro atoms. The Bertz CT molecular complexity index is 364. The molecule has 0 unspecified atom stereocenters. The van der Waals surface area contributed by atoms with Crippen LogP contribution < -0.4 is 0 Å². The minimum absolute atomic E-state index is 0.0912. The monoisotopic (exact) mass is 266 g/mol. The number of halogens is 1. The lowest BCUT2D eigenvalue weighted by Crippen LogP contribution is -2.38. The van der Waals surface area contributed by atoms with Crippen molar-refractivity contribution in [3.63, 3.8) is 0 Å². The lowest BCUT2D eigenvalue weighted by Gasteiger charge is -2.28. The van der Waals surface area contributed by atoms with Crippen molar-refractivity contribution in [1.82, 2.24) is 9.80 Å². The predicted molar refractivity (Wildman–Crippen MR) is 80.0 cm³/mol. The van der Waals surface area contributed by atoms with Crippen LogP contribution in [0.2, 0.25) is 0 Å². The van der Waals surface area contributed by atoms with Crippen LogP contribution in [0.3, 0.4) is 0 Å². The van der Waals surface area contributed by atoms with Gasteiger partial charge in [-0.3, -0.25) is 0 Å². The van der Waals surface area contributed by atoms with Gasteiger partial charge in [-0.05, 0) is 45.1 Å². The van der Waals surface area contributed by atoms with Crippen molar-refractivity contribution in [1.29, 1.82) is 0 Å². The van der Waals surface area contributed by atoms with Gasteiger partial charge in [-0.1, -0.05) is 32.0 Å². The Morgan fingerprint density at radius 2 is 1.74 bits per heavy atom. The highest BCUT2D eigenvalue weighted by atomic mass is 19.1. The molecule has 0 N–H and O–H groups in total. The first-order chi connectivity index (χ1) is 9.08. The highest BCUT2D eigenvalue weighted by Crippen LogP contribution is 2.11. The van der Waals surface area contributed by atoms with Gasteiger partial charge in [-0.15, -0.1) is 0 Å². The summed E-state index contributed by atoms with van der Waals surface area (Å²) in [5.41, 5.74) is 0.810. The third kappa shape index (κ3) is 5.29. The van der Waals surface area contributed by atoms with Gasteiger partial charge in [-0.2, -0.15) is 0 Å². The van der Waals surface area contributed by atoms with E-state index in [2.05, 4.69) is 37.6 Å². The molecule has 0 aliphatic heterocycles. The Hall–Kier alpha value is -0.930. The molecule has 3 heteroatoms. The molecule has 0 aliphatic carbocycles. The molecular weight excluding hydrogens is 239 g/mol. The highest BCUT2D eigenvalue weighted by molar-refractivity contribution is 5.18. The summed E-state index contributed by atoms with van der Waals surface area (Å²) in [5, 5.41) is 0. The number of benzene rings is 1. The fraction of sp³-hybridized carbons (Fsp3) is 0.625. The molecule has 2 nitrogen and oxygen atoms in total. The van der Waals surface area contributed by atoms with Crippen LogP contribution in [0.5, 0.6) is 0 Å². The summed E-state index contributed by atoms with van der Waals surface area (Å²) in [6.07, 6.45) is 0.765. The molecule has 19 heavy (non-hydrogen) atoms. The molecule has 0 amide bonds. The maximum atomic E-state index is 13.6. The van der Waals surface area contributed by atoms with E-state index in [1.54, 1.807) is 6.07 Å². The largest absolute Gasteiger partial charge is 0.303 e. The Labute approximate surface area is 117 Å². The van der Waals surface area contributed by atoms with Crippen LogP contribution in [0, 0.1) is 5.82 Å². The van der Waals surface area contributed by atoms with Crippen molar-refractivity contribution in [2.45, 2.75) is 33.2 Å². The van der Waals surface area contributed by atoms with E-state index >= 15 is 0 Å². The molecule has 0 saturated heterocycles. The summed E-state index contributed by atoms with van der Waals surface area (Å²) < 4.78 is 13.6. The van der Waals surface area contributed by atoms with Gasteiger partial charge in [0.15, 0.2) is 0 Å². The van der Waals surface area contributed by atoms with Crippen LogP contribution in [0.25, 0.3) is 0 Å². The Balaban J connectivity index is 2.44. The van der Waals surface area contributed by atoms with E-state index in [1.165, 1.54) is 6.07 Å². The number of hydrogen-bond donors (Lipinski definition) is 0. The van der Waals surface area contributed by atoms with Crippen LogP contribution in [-0.2, 0) is 6.42 Å². The van der Waals surface area contributed by atoms with Gasteiger partial charge in [0, 0.05) is 19.1 Å². The fourth-order valence-electron chi connectivity index (χ4n) is 2.20. The van der Waals surface area contributed by atoms with E-state index in [0.29, 0.717) is 6.04 Å². The van der Waals surface area contributed by atoms with Gasteiger partial charge >= 0.3 is 0 Å². The van der Waals surface area contributed by atoms with Crippen LogP contribution in [0.4, 0.5) is 4.39 Å². The lowest BCUT2D eigenvalue weighted by molar-refractivity contribution is 0.204. The molecule has 0 bridgehead atoms. The molecule has 0 radical (unpaired) electrons. The molecule has 1 atom stereocenters. The van der Waals surface area contributed by atoms with E-state index in [-0.39, 0.29) is 5.82 Å². The summed E-state index contributed by atoms with van der Waals surface area (Å²) in [4.78, 5) is 4.72. The topological polar surface area (TPSA) is 6.48 Å². The van der Waals surface area contributed by atoms with Crippen molar-refractivity contribution < 1.29 is 4.39 Å². The van der Waals surface area contributed by atoms with E-state index in [1.807, 2.05) is 12.1 Å². The molecular formula is C16H27FN2. The first-order valence-corrected chi connectivity index (χ1v) is 7.24. The minimum atomic E-state index is -0.0912. The second kappa shape index (κ2) is 8.28. The number of likely N-dealkylation sites (N-methyl/N-ethyl adjacent to an activating group) is 2. The predicted octanol–water partition coefficient (Wildman–Crippen LogP) is 3.03. The molecule has 0 fully saturated rings. The zero-order valence-corrected chi connectivity index (χ0v) is 12.7. The van der Waals surface area contributed by atoms with Gasteiger partial charge in [0.25, 0.3) is 0 Å². The molecule has 0 aliphatic rings. The zero-order chi connectivity index (χ0) is 14.3. The number of rotatable bonds is 8. The molecule has 1 rings (SSSR count). The van der Waals surface area contributed by atoms with Crippen molar-refractivity contribution in [2.24, 2.45) is 0 Å². The highest BCUT2D eigenvalue weighted by Gasteiger charge is 2.12. The normalized spacial score (nSPS) is 13.2. The van der Waals surface area contributed by atoms with E-state index in [4.69, 9.17) is 0 Å². The molecule has 0 heterocycles. The summed E-state index contributed by atoms with van der Waals surface area (Å²) >= 11 is 0. The molecule has 0 aromatic heterocycles. The van der Waals surface area contributed by atoms with Gasteiger partial charge in [0.05, 0.1) is 0 Å². The van der Waals surface area contributed by atoms with Crippen molar-refractivity contribution in [3.05, 3.63) is 35.6 Å². The first kappa shape index (κ1) is 16.1. The van der Waals surface area contributed by atoms with Gasteiger partial charge < -0.3 is 9.80 Å². The second-order valence-electron chi connectivity index (χ2n) is 5.15. The third-order valence-electron chi connectivity index (χ3n) is 3.89. The maximum Gasteiger partial charge on any atom is 0.126 e. The standard InChI is InChI=1S/C16H27FN2/c1-5-19(6-2)12-11-18(4)14(3)13-15-9-7-8-10-16(15)17/h7-10,14H,5-6,11-13H2,1-4H3/t14-/m1/s1. The molecule has 0 saturated carbocycles. The fourth-order valence-corrected chi connectivity index (χ4v) is 2.20. The zero-order valence-electron chi connectivity index (χ0n) is 12.7. The number of hydrogen-bond acceptors (Lipinski definition) is 2. The Morgan fingerprint density at radius 1 is 1.11 bits per heavy atom. The van der Waals surface area contributed by atoms with Crippen molar-refractivity contribution in [3.8, 4) is 0 Å². The quantitative estimate of drug-likeness (QED) is 0.713. The van der Waals surface area contributed by atoms with Crippen LogP contribution >= 0.6 is 0 Å². The third-order valence-corrected chi connectivity index (χ3v) is 3.89. The van der Waals surface area contributed by atoms with Crippen LogP contribution in [0.1, 0.15) is 26.3 Å². The average molecular weight is 266 g/mol. The Kier molecular flexibility index (Phi) is 7.03. The summed E-state index contributed by atoms with van der Waals surface area (Å²) in [6, 6.07) is 7.42. The molecule has 1 aromatic rings. The van der Waals surface area contributed by atoms with Crippen LogP contribution in [-0.4, -0.2) is 49.1 Å². The maximum absolute atomic E-state index is 13.6. The van der Waals surface area contributed by atoms with Gasteiger partial charge in [-0.25, -0.2) is 4.39 Å². The van der Waals surface area contributed by atoms with E-state index in [0.717, 1.165) is 38.2 Å². The summed E-state index contributed by atoms with van der Waals surface area (Å²) in [7, 11) is 2.12. The summed E-state index contributed by atoms with van der Waals surface area (Å²) in [5.74, 6) is -0.0912. The second-order valence-corrected chi connectivity index (χ2v) is 5.15. The van der Waals surface area contributed by atoms with Gasteiger partial charge in [0.1, 0.15) is 5.82 Å².